The average Bonchev–Trinajstić information content (AvgIpc) is 2.48. The Hall–Kier alpha value is -2.24. The Balaban J connectivity index is 4.89. The Kier molecular flexibility index (Phi) is 8.89. The maximum Gasteiger partial charge on any atom is 0.328 e. The van der Waals surface area contributed by atoms with E-state index in [1.807, 2.05) is 5.32 Å². The third-order valence-corrected chi connectivity index (χ3v) is 3.03. The maximum atomic E-state index is 12.0. The molecule has 0 aromatic rings. The summed E-state index contributed by atoms with van der Waals surface area (Å²) in [7, 11) is 0. The standard InChI is InChI=1S/C13H24N4O7/c1-5(14)10(20)15-6(2)11(21)17-9(7(3)19)12(22)16-8(4-18)13(23)24/h5-9,18-19H,4,14H2,1-3H3,(H,15,20)(H,16,22)(H,17,21)(H,23,24). The first-order valence-electron chi connectivity index (χ1n) is 7.19. The van der Waals surface area contributed by atoms with Gasteiger partial charge in [0.05, 0.1) is 18.8 Å². The van der Waals surface area contributed by atoms with E-state index in [0.29, 0.717) is 0 Å². The molecule has 0 aromatic heterocycles. The molecule has 8 N–H and O–H groups in total. The topological polar surface area (TPSA) is 191 Å². The molecule has 0 heterocycles. The zero-order chi connectivity index (χ0) is 19.0. The van der Waals surface area contributed by atoms with E-state index in [4.69, 9.17) is 15.9 Å². The number of nitrogens with one attached hydrogen (secondary N) is 3. The second-order valence-electron chi connectivity index (χ2n) is 5.33. The molecule has 0 spiro atoms. The highest BCUT2D eigenvalue weighted by Gasteiger charge is 2.31. The van der Waals surface area contributed by atoms with Crippen LogP contribution in [0.2, 0.25) is 0 Å². The fourth-order valence-electron chi connectivity index (χ4n) is 1.54. The minimum absolute atomic E-state index is 0.582. The van der Waals surface area contributed by atoms with Crippen molar-refractivity contribution in [3.63, 3.8) is 0 Å². The zero-order valence-electron chi connectivity index (χ0n) is 13.6. The van der Waals surface area contributed by atoms with E-state index >= 15 is 0 Å². The van der Waals surface area contributed by atoms with Crippen LogP contribution in [-0.4, -0.2) is 75.9 Å². The monoisotopic (exact) mass is 348 g/mol. The van der Waals surface area contributed by atoms with Crippen molar-refractivity contribution in [3.05, 3.63) is 0 Å². The first kappa shape index (κ1) is 21.8. The molecule has 138 valence electrons. The first-order chi connectivity index (χ1) is 11.0. The molecular weight excluding hydrogens is 324 g/mol. The van der Waals surface area contributed by atoms with Crippen LogP contribution in [0.15, 0.2) is 0 Å². The van der Waals surface area contributed by atoms with Gasteiger partial charge in [0.1, 0.15) is 18.1 Å². The lowest BCUT2D eigenvalue weighted by Gasteiger charge is -2.24. The molecule has 0 aliphatic rings. The number of carbonyl (C=O) groups is 4. The summed E-state index contributed by atoms with van der Waals surface area (Å²) in [6, 6.07) is -4.92. The Morgan fingerprint density at radius 2 is 1.50 bits per heavy atom. The Morgan fingerprint density at radius 1 is 0.958 bits per heavy atom. The van der Waals surface area contributed by atoms with Crippen molar-refractivity contribution in [1.29, 1.82) is 0 Å². The molecule has 0 aromatic carbocycles. The minimum atomic E-state index is -1.58. The molecule has 0 radical (unpaired) electrons. The summed E-state index contributed by atoms with van der Waals surface area (Å²) >= 11 is 0. The Bertz CT molecular complexity index is 481. The van der Waals surface area contributed by atoms with E-state index in [-0.39, 0.29) is 0 Å². The lowest BCUT2D eigenvalue weighted by atomic mass is 10.1. The molecule has 0 saturated heterocycles. The van der Waals surface area contributed by atoms with Gasteiger partial charge in [-0.1, -0.05) is 0 Å². The summed E-state index contributed by atoms with van der Waals surface area (Å²) in [5.41, 5.74) is 5.35. The number of carbonyl (C=O) groups excluding carboxylic acids is 3. The molecule has 0 rings (SSSR count). The molecule has 5 unspecified atom stereocenters. The van der Waals surface area contributed by atoms with Crippen LogP contribution in [0, 0.1) is 0 Å². The van der Waals surface area contributed by atoms with Crippen LogP contribution in [0.1, 0.15) is 20.8 Å². The summed E-state index contributed by atoms with van der Waals surface area (Å²) in [6.45, 7) is 3.13. The van der Waals surface area contributed by atoms with Gasteiger partial charge in [0.25, 0.3) is 0 Å². The van der Waals surface area contributed by atoms with Crippen LogP contribution in [0.3, 0.4) is 0 Å². The summed E-state index contributed by atoms with van der Waals surface area (Å²) in [4.78, 5) is 46.2. The summed E-state index contributed by atoms with van der Waals surface area (Å²) < 4.78 is 0. The number of amides is 3. The SMILES string of the molecule is CC(N)C(=O)NC(C)C(=O)NC(C(=O)NC(CO)C(=O)O)C(C)O. The second-order valence-corrected chi connectivity index (χ2v) is 5.33. The lowest BCUT2D eigenvalue weighted by molar-refractivity contribution is -0.144. The third kappa shape index (κ3) is 6.89. The molecular formula is C13H24N4O7. The van der Waals surface area contributed by atoms with Gasteiger partial charge in [0.2, 0.25) is 17.7 Å². The van der Waals surface area contributed by atoms with Gasteiger partial charge in [0.15, 0.2) is 0 Å². The van der Waals surface area contributed by atoms with Crippen LogP contribution in [0.25, 0.3) is 0 Å². The van der Waals surface area contributed by atoms with Gasteiger partial charge in [-0.3, -0.25) is 14.4 Å². The molecule has 11 heteroatoms. The minimum Gasteiger partial charge on any atom is -0.480 e. The fraction of sp³-hybridized carbons (Fsp3) is 0.692. The quantitative estimate of drug-likeness (QED) is 0.221. The van der Waals surface area contributed by atoms with Crippen LogP contribution in [-0.2, 0) is 19.2 Å². The number of aliphatic hydroxyl groups excluding tert-OH is 2. The normalized spacial score (nSPS) is 16.9. The van der Waals surface area contributed by atoms with Crippen molar-refractivity contribution < 1.29 is 34.5 Å². The van der Waals surface area contributed by atoms with E-state index in [1.165, 1.54) is 20.8 Å². The predicted octanol–water partition coefficient (Wildman–Crippen LogP) is -3.73. The summed E-state index contributed by atoms with van der Waals surface area (Å²) in [5.74, 6) is -3.83. The second kappa shape index (κ2) is 9.80. The predicted molar refractivity (Wildman–Crippen MR) is 81.5 cm³/mol. The van der Waals surface area contributed by atoms with Crippen LogP contribution >= 0.6 is 0 Å². The molecule has 0 aliphatic heterocycles. The van der Waals surface area contributed by atoms with E-state index in [2.05, 4.69) is 10.6 Å². The molecule has 0 saturated carbocycles. The van der Waals surface area contributed by atoms with E-state index in [9.17, 15) is 24.3 Å². The molecule has 5 atom stereocenters. The van der Waals surface area contributed by atoms with Gasteiger partial charge in [0, 0.05) is 0 Å². The number of hydrogen-bond donors (Lipinski definition) is 7. The van der Waals surface area contributed by atoms with E-state index < -0.39 is 60.6 Å². The highest BCUT2D eigenvalue weighted by Crippen LogP contribution is 1.97. The number of hydrogen-bond acceptors (Lipinski definition) is 7. The zero-order valence-corrected chi connectivity index (χ0v) is 13.6. The van der Waals surface area contributed by atoms with Crippen molar-refractivity contribution in [1.82, 2.24) is 16.0 Å². The maximum absolute atomic E-state index is 12.0. The van der Waals surface area contributed by atoms with Gasteiger partial charge in [-0.05, 0) is 20.8 Å². The third-order valence-electron chi connectivity index (χ3n) is 3.03. The molecule has 0 aliphatic carbocycles. The van der Waals surface area contributed by atoms with Crippen LogP contribution in [0.5, 0.6) is 0 Å². The largest absolute Gasteiger partial charge is 0.480 e. The number of carboxylic acids is 1. The van der Waals surface area contributed by atoms with Crippen molar-refractivity contribution in [2.45, 2.75) is 51.0 Å². The molecule has 0 fully saturated rings. The number of nitrogens with two attached hydrogens (primary N) is 1. The van der Waals surface area contributed by atoms with Gasteiger partial charge in [-0.15, -0.1) is 0 Å². The highest BCUT2D eigenvalue weighted by molar-refractivity contribution is 5.94. The van der Waals surface area contributed by atoms with Crippen molar-refractivity contribution in [2.75, 3.05) is 6.61 Å². The van der Waals surface area contributed by atoms with Crippen molar-refractivity contribution >= 4 is 23.7 Å². The summed E-state index contributed by atoms with van der Waals surface area (Å²) in [6.07, 6.45) is -1.35. The molecule has 24 heavy (non-hydrogen) atoms. The number of rotatable bonds is 9. The van der Waals surface area contributed by atoms with E-state index in [1.54, 1.807) is 0 Å². The van der Waals surface area contributed by atoms with E-state index in [0.717, 1.165) is 0 Å². The van der Waals surface area contributed by atoms with Gasteiger partial charge >= 0.3 is 5.97 Å². The average molecular weight is 348 g/mol. The molecule has 0 bridgehead atoms. The van der Waals surface area contributed by atoms with Crippen molar-refractivity contribution in [3.8, 4) is 0 Å². The van der Waals surface area contributed by atoms with Gasteiger partial charge in [-0.25, -0.2) is 4.79 Å². The number of aliphatic hydroxyl groups is 2. The van der Waals surface area contributed by atoms with Gasteiger partial charge < -0.3 is 37.0 Å². The smallest absolute Gasteiger partial charge is 0.328 e. The highest BCUT2D eigenvalue weighted by atomic mass is 16.4. The van der Waals surface area contributed by atoms with Gasteiger partial charge in [-0.2, -0.15) is 0 Å². The Labute approximate surface area is 138 Å². The summed E-state index contributed by atoms with van der Waals surface area (Å²) in [5, 5.41) is 33.8. The lowest BCUT2D eigenvalue weighted by Crippen LogP contribution is -2.59. The Morgan fingerprint density at radius 3 is 1.88 bits per heavy atom. The first-order valence-corrected chi connectivity index (χ1v) is 7.19. The number of aliphatic carboxylic acids is 1. The van der Waals surface area contributed by atoms with Crippen LogP contribution < -0.4 is 21.7 Å². The molecule has 11 nitrogen and oxygen atoms in total. The molecule has 3 amide bonds. The van der Waals surface area contributed by atoms with Crippen LogP contribution in [0.4, 0.5) is 0 Å². The fourth-order valence-corrected chi connectivity index (χ4v) is 1.54. The number of carboxylic acid groups (broad SMARTS) is 1. The van der Waals surface area contributed by atoms with Crippen molar-refractivity contribution in [2.24, 2.45) is 5.73 Å².